The fourth-order valence-corrected chi connectivity index (χ4v) is 5.63. The predicted molar refractivity (Wildman–Crippen MR) is 94.8 cm³/mol. The molecule has 1 saturated heterocycles. The SMILES string of the molecule is Cc1nn(C2CCS(=O)(=O)C2)c2nc(-c3cccs3)cc(C(=O)O)c12. The molecule has 0 radical (unpaired) electrons. The third-order valence-corrected chi connectivity index (χ3v) is 7.04. The van der Waals surface area contributed by atoms with Gasteiger partial charge < -0.3 is 5.11 Å². The Hall–Kier alpha value is -2.26. The van der Waals surface area contributed by atoms with Gasteiger partial charge in [0.25, 0.3) is 0 Å². The van der Waals surface area contributed by atoms with Crippen molar-refractivity contribution in [2.24, 2.45) is 0 Å². The van der Waals surface area contributed by atoms with E-state index in [2.05, 4.69) is 10.1 Å². The van der Waals surface area contributed by atoms with E-state index in [1.807, 2.05) is 17.5 Å². The average molecular weight is 377 g/mol. The Kier molecular flexibility index (Phi) is 3.66. The van der Waals surface area contributed by atoms with E-state index in [0.29, 0.717) is 28.8 Å². The van der Waals surface area contributed by atoms with Crippen LogP contribution in [0, 0.1) is 6.92 Å². The number of carboxylic acid groups (broad SMARTS) is 1. The number of pyridine rings is 1. The number of sulfone groups is 1. The zero-order valence-corrected chi connectivity index (χ0v) is 15.0. The number of aromatic nitrogens is 3. The summed E-state index contributed by atoms with van der Waals surface area (Å²) in [5, 5.41) is 16.4. The van der Waals surface area contributed by atoms with Crippen LogP contribution in [0.3, 0.4) is 0 Å². The standard InChI is InChI=1S/C16H15N3O4S2/c1-9-14-11(16(20)21)7-12(13-3-2-5-24-13)17-15(14)19(18-9)10-4-6-25(22,23)8-10/h2-3,5,7,10H,4,6,8H2,1H3,(H,20,21). The van der Waals surface area contributed by atoms with Crippen molar-refractivity contribution in [2.75, 3.05) is 11.5 Å². The van der Waals surface area contributed by atoms with E-state index in [1.54, 1.807) is 17.7 Å². The van der Waals surface area contributed by atoms with E-state index >= 15 is 0 Å². The molecule has 1 N–H and O–H groups in total. The van der Waals surface area contributed by atoms with Crippen LogP contribution in [0.25, 0.3) is 21.6 Å². The van der Waals surface area contributed by atoms with Crippen molar-refractivity contribution >= 4 is 38.2 Å². The van der Waals surface area contributed by atoms with Gasteiger partial charge in [0, 0.05) is 0 Å². The Morgan fingerprint density at radius 2 is 2.24 bits per heavy atom. The minimum absolute atomic E-state index is 0.0105. The second-order valence-electron chi connectivity index (χ2n) is 6.12. The quantitative estimate of drug-likeness (QED) is 0.752. The molecule has 9 heteroatoms. The van der Waals surface area contributed by atoms with Crippen LogP contribution >= 0.6 is 11.3 Å². The summed E-state index contributed by atoms with van der Waals surface area (Å²) >= 11 is 1.47. The highest BCUT2D eigenvalue weighted by molar-refractivity contribution is 7.91. The van der Waals surface area contributed by atoms with E-state index < -0.39 is 15.8 Å². The van der Waals surface area contributed by atoms with Crippen molar-refractivity contribution < 1.29 is 18.3 Å². The molecule has 0 spiro atoms. The molecule has 7 nitrogen and oxygen atoms in total. The third-order valence-electron chi connectivity index (χ3n) is 4.40. The Bertz CT molecular complexity index is 1080. The van der Waals surface area contributed by atoms with Gasteiger partial charge in [-0.05, 0) is 30.9 Å². The van der Waals surface area contributed by atoms with Gasteiger partial charge in [0.1, 0.15) is 0 Å². The Morgan fingerprint density at radius 3 is 2.84 bits per heavy atom. The molecular weight excluding hydrogens is 362 g/mol. The Labute approximate surface area is 147 Å². The zero-order chi connectivity index (χ0) is 17.8. The molecule has 1 aliphatic heterocycles. The van der Waals surface area contributed by atoms with Crippen LogP contribution in [-0.2, 0) is 9.84 Å². The molecule has 4 rings (SSSR count). The lowest BCUT2D eigenvalue weighted by atomic mass is 10.1. The van der Waals surface area contributed by atoms with E-state index in [9.17, 15) is 18.3 Å². The molecule has 1 fully saturated rings. The summed E-state index contributed by atoms with van der Waals surface area (Å²) in [4.78, 5) is 17.2. The fourth-order valence-electron chi connectivity index (χ4n) is 3.26. The first kappa shape index (κ1) is 16.2. The summed E-state index contributed by atoms with van der Waals surface area (Å²) in [6.07, 6.45) is 0.464. The van der Waals surface area contributed by atoms with Crippen LogP contribution in [0.1, 0.15) is 28.5 Å². The van der Waals surface area contributed by atoms with Crippen molar-refractivity contribution in [3.63, 3.8) is 0 Å². The van der Waals surface area contributed by atoms with Gasteiger partial charge in [0.15, 0.2) is 15.5 Å². The van der Waals surface area contributed by atoms with Crippen molar-refractivity contribution in [1.29, 1.82) is 0 Å². The molecule has 0 bridgehead atoms. The lowest BCUT2D eigenvalue weighted by molar-refractivity contribution is 0.0699. The molecule has 0 aromatic carbocycles. The van der Waals surface area contributed by atoms with Crippen molar-refractivity contribution in [3.05, 3.63) is 34.8 Å². The van der Waals surface area contributed by atoms with Crippen molar-refractivity contribution in [2.45, 2.75) is 19.4 Å². The topological polar surface area (TPSA) is 102 Å². The summed E-state index contributed by atoms with van der Waals surface area (Å²) in [5.41, 5.74) is 1.67. The molecule has 0 saturated carbocycles. The third kappa shape index (κ3) is 2.73. The molecule has 1 aliphatic rings. The smallest absolute Gasteiger partial charge is 0.336 e. The maximum Gasteiger partial charge on any atom is 0.336 e. The number of aromatic carboxylic acids is 1. The van der Waals surface area contributed by atoms with Gasteiger partial charge >= 0.3 is 5.97 Å². The molecule has 1 unspecified atom stereocenters. The predicted octanol–water partition coefficient (Wildman–Crippen LogP) is 2.53. The maximum atomic E-state index is 11.8. The van der Waals surface area contributed by atoms with Crippen molar-refractivity contribution in [1.82, 2.24) is 14.8 Å². The van der Waals surface area contributed by atoms with E-state index in [4.69, 9.17) is 0 Å². The highest BCUT2D eigenvalue weighted by Crippen LogP contribution is 2.33. The molecular formula is C16H15N3O4S2. The second-order valence-corrected chi connectivity index (χ2v) is 9.30. The van der Waals surface area contributed by atoms with Gasteiger partial charge in [0.05, 0.1) is 44.8 Å². The first-order valence-corrected chi connectivity index (χ1v) is 10.4. The van der Waals surface area contributed by atoms with Gasteiger partial charge in [-0.15, -0.1) is 11.3 Å². The molecule has 0 amide bonds. The first-order chi connectivity index (χ1) is 11.9. The van der Waals surface area contributed by atoms with Crippen molar-refractivity contribution in [3.8, 4) is 10.6 Å². The number of nitrogens with zero attached hydrogens (tertiary/aromatic N) is 3. The molecule has 3 aromatic heterocycles. The summed E-state index contributed by atoms with van der Waals surface area (Å²) in [5.74, 6) is -0.919. The van der Waals surface area contributed by atoms with Gasteiger partial charge in [-0.1, -0.05) is 6.07 Å². The van der Waals surface area contributed by atoms with E-state index in [1.165, 1.54) is 11.3 Å². The van der Waals surface area contributed by atoms with Crippen LogP contribution in [0.15, 0.2) is 23.6 Å². The molecule has 0 aliphatic carbocycles. The summed E-state index contributed by atoms with van der Waals surface area (Å²) < 4.78 is 25.3. The highest BCUT2D eigenvalue weighted by atomic mass is 32.2. The summed E-state index contributed by atoms with van der Waals surface area (Å²) in [6, 6.07) is 4.99. The van der Waals surface area contributed by atoms with E-state index in [-0.39, 0.29) is 23.1 Å². The van der Waals surface area contributed by atoms with Gasteiger partial charge in [-0.2, -0.15) is 5.10 Å². The van der Waals surface area contributed by atoms with Gasteiger partial charge in [-0.3, -0.25) is 0 Å². The lowest BCUT2D eigenvalue weighted by Gasteiger charge is -2.10. The zero-order valence-electron chi connectivity index (χ0n) is 13.3. The molecule has 4 heterocycles. The number of aryl methyl sites for hydroxylation is 1. The summed E-state index contributed by atoms with van der Waals surface area (Å²) in [7, 11) is -3.09. The number of fused-ring (bicyclic) bond motifs is 1. The molecule has 130 valence electrons. The maximum absolute atomic E-state index is 11.8. The number of carbonyl (C=O) groups is 1. The van der Waals surface area contributed by atoms with Crippen LogP contribution < -0.4 is 0 Å². The summed E-state index contributed by atoms with van der Waals surface area (Å²) in [6.45, 7) is 1.72. The fraction of sp³-hybridized carbons (Fsp3) is 0.312. The van der Waals surface area contributed by atoms with Gasteiger partial charge in [-0.25, -0.2) is 22.9 Å². The van der Waals surface area contributed by atoms with Gasteiger partial charge in [0.2, 0.25) is 0 Å². The number of hydrogen-bond acceptors (Lipinski definition) is 6. The monoisotopic (exact) mass is 377 g/mol. The Balaban J connectivity index is 1.98. The molecule has 1 atom stereocenters. The average Bonchev–Trinajstić information content (AvgIpc) is 3.26. The normalized spacial score (nSPS) is 19.5. The van der Waals surface area contributed by atoms with E-state index in [0.717, 1.165) is 4.88 Å². The lowest BCUT2D eigenvalue weighted by Crippen LogP contribution is -2.13. The Morgan fingerprint density at radius 1 is 1.44 bits per heavy atom. The van der Waals surface area contributed by atoms with Crippen LogP contribution in [0.5, 0.6) is 0 Å². The molecule has 25 heavy (non-hydrogen) atoms. The largest absolute Gasteiger partial charge is 0.478 e. The van der Waals surface area contributed by atoms with Crippen LogP contribution in [0.4, 0.5) is 0 Å². The highest BCUT2D eigenvalue weighted by Gasteiger charge is 2.32. The molecule has 3 aromatic rings. The number of rotatable bonds is 3. The number of carboxylic acids is 1. The minimum atomic E-state index is -3.09. The van der Waals surface area contributed by atoms with Crippen LogP contribution in [0.2, 0.25) is 0 Å². The minimum Gasteiger partial charge on any atom is -0.478 e. The second kappa shape index (κ2) is 5.63. The first-order valence-electron chi connectivity index (χ1n) is 7.73. The number of thiophene rings is 1. The van der Waals surface area contributed by atoms with Crippen LogP contribution in [-0.4, -0.2) is 45.8 Å². The number of hydrogen-bond donors (Lipinski definition) is 1.